The molecule has 1 heterocycles. The summed E-state index contributed by atoms with van der Waals surface area (Å²) in [5.41, 5.74) is 2.76. The Labute approximate surface area is 94.9 Å². The zero-order chi connectivity index (χ0) is 11.3. The highest BCUT2D eigenvalue weighted by Gasteiger charge is 2.07. The molecule has 0 saturated carbocycles. The van der Waals surface area contributed by atoms with Gasteiger partial charge < -0.3 is 5.32 Å². The van der Waals surface area contributed by atoms with Gasteiger partial charge in [0, 0.05) is 11.4 Å². The molecule has 0 spiro atoms. The van der Waals surface area contributed by atoms with Crippen LogP contribution >= 0.6 is 11.3 Å². The predicted octanol–water partition coefficient (Wildman–Crippen LogP) is 2.16. The van der Waals surface area contributed by atoms with Gasteiger partial charge in [-0.2, -0.15) is 0 Å². The zero-order valence-electron chi connectivity index (χ0n) is 9.54. The molecule has 0 fully saturated rings. The van der Waals surface area contributed by atoms with E-state index in [1.807, 2.05) is 6.92 Å². The van der Waals surface area contributed by atoms with Crippen LogP contribution in [-0.4, -0.2) is 17.4 Å². The van der Waals surface area contributed by atoms with Crippen LogP contribution in [0.2, 0.25) is 0 Å². The fourth-order valence-corrected chi connectivity index (χ4v) is 1.98. The van der Waals surface area contributed by atoms with Gasteiger partial charge >= 0.3 is 0 Å². The standard InChI is InChI=1S/C11H18N2OS/c1-8(2)4-5-12-11(14)6-10-9(3)13-7-15-10/h7-8H,4-6H2,1-3H3,(H,12,14). The van der Waals surface area contributed by atoms with Crippen molar-refractivity contribution in [1.82, 2.24) is 10.3 Å². The van der Waals surface area contributed by atoms with E-state index in [-0.39, 0.29) is 5.91 Å². The van der Waals surface area contributed by atoms with Crippen molar-refractivity contribution in [2.45, 2.75) is 33.6 Å². The van der Waals surface area contributed by atoms with E-state index in [9.17, 15) is 4.79 Å². The molecule has 1 aromatic heterocycles. The number of nitrogens with zero attached hydrogens (tertiary/aromatic N) is 1. The SMILES string of the molecule is Cc1ncsc1CC(=O)NCCC(C)C. The summed E-state index contributed by atoms with van der Waals surface area (Å²) in [4.78, 5) is 16.7. The first-order chi connectivity index (χ1) is 7.09. The summed E-state index contributed by atoms with van der Waals surface area (Å²) < 4.78 is 0. The predicted molar refractivity (Wildman–Crippen MR) is 63.0 cm³/mol. The van der Waals surface area contributed by atoms with Gasteiger partial charge in [0.15, 0.2) is 0 Å². The summed E-state index contributed by atoms with van der Waals surface area (Å²) in [6.07, 6.45) is 1.50. The Morgan fingerprint density at radius 1 is 1.60 bits per heavy atom. The molecule has 0 aliphatic heterocycles. The molecule has 4 heteroatoms. The summed E-state index contributed by atoms with van der Waals surface area (Å²) >= 11 is 1.55. The lowest BCUT2D eigenvalue weighted by Crippen LogP contribution is -2.26. The van der Waals surface area contributed by atoms with Crippen molar-refractivity contribution < 1.29 is 4.79 Å². The van der Waals surface area contributed by atoms with Crippen molar-refractivity contribution in [2.24, 2.45) is 5.92 Å². The van der Waals surface area contributed by atoms with Crippen molar-refractivity contribution >= 4 is 17.2 Å². The Kier molecular flexibility index (Phi) is 4.75. The van der Waals surface area contributed by atoms with Crippen molar-refractivity contribution in [3.63, 3.8) is 0 Å². The molecule has 0 aromatic carbocycles. The van der Waals surface area contributed by atoms with Crippen molar-refractivity contribution in [1.29, 1.82) is 0 Å². The van der Waals surface area contributed by atoms with Gasteiger partial charge in [0.1, 0.15) is 0 Å². The maximum absolute atomic E-state index is 11.5. The Bertz CT molecular complexity index is 320. The molecule has 84 valence electrons. The van der Waals surface area contributed by atoms with Crippen LogP contribution in [0.1, 0.15) is 30.8 Å². The zero-order valence-corrected chi connectivity index (χ0v) is 10.4. The van der Waals surface area contributed by atoms with E-state index in [0.29, 0.717) is 12.3 Å². The molecule has 0 aliphatic rings. The quantitative estimate of drug-likeness (QED) is 0.836. The maximum Gasteiger partial charge on any atom is 0.225 e. The van der Waals surface area contributed by atoms with Crippen molar-refractivity contribution in [3.8, 4) is 0 Å². The van der Waals surface area contributed by atoms with Gasteiger partial charge in [0.05, 0.1) is 17.6 Å². The number of carbonyl (C=O) groups is 1. The van der Waals surface area contributed by atoms with Crippen LogP contribution in [0.5, 0.6) is 0 Å². The van der Waals surface area contributed by atoms with E-state index in [1.165, 1.54) is 0 Å². The average molecular weight is 226 g/mol. The summed E-state index contributed by atoms with van der Waals surface area (Å²) in [6.45, 7) is 7.01. The Morgan fingerprint density at radius 3 is 2.87 bits per heavy atom. The number of rotatable bonds is 5. The van der Waals surface area contributed by atoms with Crippen molar-refractivity contribution in [2.75, 3.05) is 6.54 Å². The van der Waals surface area contributed by atoms with Gasteiger partial charge in [-0.05, 0) is 19.3 Å². The van der Waals surface area contributed by atoms with Crippen LogP contribution in [-0.2, 0) is 11.2 Å². The van der Waals surface area contributed by atoms with Gasteiger partial charge in [-0.3, -0.25) is 4.79 Å². The lowest BCUT2D eigenvalue weighted by molar-refractivity contribution is -0.120. The van der Waals surface area contributed by atoms with Crippen LogP contribution in [0.4, 0.5) is 0 Å². The molecular weight excluding hydrogens is 208 g/mol. The molecule has 1 aromatic rings. The second kappa shape index (κ2) is 5.85. The molecular formula is C11H18N2OS. The third kappa shape index (κ3) is 4.42. The molecule has 0 saturated heterocycles. The van der Waals surface area contributed by atoms with E-state index < -0.39 is 0 Å². The van der Waals surface area contributed by atoms with Crippen LogP contribution in [0.25, 0.3) is 0 Å². The maximum atomic E-state index is 11.5. The van der Waals surface area contributed by atoms with Gasteiger partial charge in [-0.15, -0.1) is 11.3 Å². The summed E-state index contributed by atoms with van der Waals surface area (Å²) in [7, 11) is 0. The molecule has 0 unspecified atom stereocenters. The minimum absolute atomic E-state index is 0.100. The van der Waals surface area contributed by atoms with Crippen molar-refractivity contribution in [3.05, 3.63) is 16.1 Å². The minimum atomic E-state index is 0.100. The Hall–Kier alpha value is -0.900. The molecule has 3 nitrogen and oxygen atoms in total. The number of thiazole rings is 1. The van der Waals surface area contributed by atoms with E-state index in [2.05, 4.69) is 24.1 Å². The minimum Gasteiger partial charge on any atom is -0.356 e. The van der Waals surface area contributed by atoms with Gasteiger partial charge in [-0.25, -0.2) is 4.98 Å². The number of aryl methyl sites for hydroxylation is 1. The van der Waals surface area contributed by atoms with Crippen LogP contribution < -0.4 is 5.32 Å². The molecule has 0 bridgehead atoms. The second-order valence-corrected chi connectivity index (χ2v) is 5.01. The number of amides is 1. The third-order valence-electron chi connectivity index (χ3n) is 2.21. The van der Waals surface area contributed by atoms with Crippen LogP contribution in [0.3, 0.4) is 0 Å². The topological polar surface area (TPSA) is 42.0 Å². The molecule has 0 atom stereocenters. The lowest BCUT2D eigenvalue weighted by atomic mass is 10.1. The molecule has 15 heavy (non-hydrogen) atoms. The number of carbonyl (C=O) groups excluding carboxylic acids is 1. The summed E-state index contributed by atoms with van der Waals surface area (Å²) in [6, 6.07) is 0. The van der Waals surface area contributed by atoms with Gasteiger partial charge in [0.2, 0.25) is 5.91 Å². The average Bonchev–Trinajstić information content (AvgIpc) is 2.51. The van der Waals surface area contributed by atoms with Gasteiger partial charge in [0.25, 0.3) is 0 Å². The van der Waals surface area contributed by atoms with Gasteiger partial charge in [-0.1, -0.05) is 13.8 Å². The molecule has 1 amide bonds. The second-order valence-electron chi connectivity index (χ2n) is 4.07. The number of hydrogen-bond donors (Lipinski definition) is 1. The highest BCUT2D eigenvalue weighted by Crippen LogP contribution is 2.12. The summed E-state index contributed by atoms with van der Waals surface area (Å²) in [5, 5.41) is 2.92. The molecule has 0 aliphatic carbocycles. The van der Waals surface area contributed by atoms with E-state index in [0.717, 1.165) is 23.5 Å². The fraction of sp³-hybridized carbons (Fsp3) is 0.636. The molecule has 1 rings (SSSR count). The highest BCUT2D eigenvalue weighted by molar-refractivity contribution is 7.09. The molecule has 0 radical (unpaired) electrons. The number of aromatic nitrogens is 1. The normalized spacial score (nSPS) is 10.7. The van der Waals surface area contributed by atoms with Crippen LogP contribution in [0.15, 0.2) is 5.51 Å². The molecule has 1 N–H and O–H groups in total. The fourth-order valence-electron chi connectivity index (χ4n) is 1.20. The monoisotopic (exact) mass is 226 g/mol. The largest absolute Gasteiger partial charge is 0.356 e. The smallest absolute Gasteiger partial charge is 0.225 e. The Morgan fingerprint density at radius 2 is 2.33 bits per heavy atom. The Balaban J connectivity index is 2.28. The first-order valence-corrected chi connectivity index (χ1v) is 6.13. The summed E-state index contributed by atoms with van der Waals surface area (Å²) in [5.74, 6) is 0.735. The first-order valence-electron chi connectivity index (χ1n) is 5.25. The number of nitrogens with one attached hydrogen (secondary N) is 1. The third-order valence-corrected chi connectivity index (χ3v) is 3.14. The van der Waals surface area contributed by atoms with E-state index >= 15 is 0 Å². The van der Waals surface area contributed by atoms with E-state index in [4.69, 9.17) is 0 Å². The van der Waals surface area contributed by atoms with E-state index in [1.54, 1.807) is 16.8 Å². The lowest BCUT2D eigenvalue weighted by Gasteiger charge is -2.06. The number of hydrogen-bond acceptors (Lipinski definition) is 3. The first kappa shape index (κ1) is 12.2. The van der Waals surface area contributed by atoms with Crippen LogP contribution in [0, 0.1) is 12.8 Å². The highest BCUT2D eigenvalue weighted by atomic mass is 32.1.